The van der Waals surface area contributed by atoms with Crippen molar-refractivity contribution in [2.45, 2.75) is 65.6 Å². The van der Waals surface area contributed by atoms with Gasteiger partial charge in [-0.05, 0) is 62.1 Å². The third kappa shape index (κ3) is 3.60. The van der Waals surface area contributed by atoms with Gasteiger partial charge in [0.25, 0.3) is 0 Å². The zero-order chi connectivity index (χ0) is 15.6. The molecule has 1 aliphatic rings. The van der Waals surface area contributed by atoms with Crippen molar-refractivity contribution in [2.75, 3.05) is 0 Å². The molecule has 3 unspecified atom stereocenters. The number of rotatable bonds is 4. The summed E-state index contributed by atoms with van der Waals surface area (Å²) in [6.45, 7) is 10.7. The van der Waals surface area contributed by atoms with Gasteiger partial charge in [-0.15, -0.1) is 0 Å². The summed E-state index contributed by atoms with van der Waals surface area (Å²) < 4.78 is 5.70. The van der Waals surface area contributed by atoms with Gasteiger partial charge >= 0.3 is 0 Å². The van der Waals surface area contributed by atoms with E-state index in [-0.39, 0.29) is 6.10 Å². The van der Waals surface area contributed by atoms with Crippen molar-refractivity contribution in [2.24, 2.45) is 17.8 Å². The molecule has 1 aromatic carbocycles. The Morgan fingerprint density at radius 2 is 1.71 bits per heavy atom. The molecule has 2 nitrogen and oxygen atoms in total. The molecule has 3 atom stereocenters. The van der Waals surface area contributed by atoms with Crippen LogP contribution in [0.25, 0.3) is 0 Å². The standard InChI is InChI=1S/C19H30O2/c1-13(2)18-11-6-15(5)12-19(18,20)16-7-9-17(10-8-16)21-14(3)4/h7-10,13-15,18,20H,6,11-12H2,1-5H3. The highest BCUT2D eigenvalue weighted by atomic mass is 16.5. The summed E-state index contributed by atoms with van der Waals surface area (Å²) in [4.78, 5) is 0. The van der Waals surface area contributed by atoms with Crippen LogP contribution in [0.5, 0.6) is 5.75 Å². The van der Waals surface area contributed by atoms with Crippen molar-refractivity contribution in [1.82, 2.24) is 0 Å². The lowest BCUT2D eigenvalue weighted by molar-refractivity contribution is -0.0866. The van der Waals surface area contributed by atoms with Gasteiger partial charge in [0.1, 0.15) is 5.75 Å². The molecule has 0 saturated heterocycles. The van der Waals surface area contributed by atoms with E-state index in [1.54, 1.807) is 0 Å². The molecule has 118 valence electrons. The van der Waals surface area contributed by atoms with E-state index in [0.29, 0.717) is 17.8 Å². The normalized spacial score (nSPS) is 29.9. The van der Waals surface area contributed by atoms with Gasteiger partial charge in [-0.1, -0.05) is 39.3 Å². The fourth-order valence-electron chi connectivity index (χ4n) is 3.80. The summed E-state index contributed by atoms with van der Waals surface area (Å²) in [5, 5.41) is 11.4. The van der Waals surface area contributed by atoms with Crippen LogP contribution in [-0.4, -0.2) is 11.2 Å². The lowest BCUT2D eigenvalue weighted by Gasteiger charge is -2.45. The minimum absolute atomic E-state index is 0.178. The molecule has 1 fully saturated rings. The molecule has 0 aromatic heterocycles. The Balaban J connectivity index is 2.27. The smallest absolute Gasteiger partial charge is 0.119 e. The lowest BCUT2D eigenvalue weighted by Crippen LogP contribution is -2.43. The predicted molar refractivity (Wildman–Crippen MR) is 87.4 cm³/mol. The molecule has 1 saturated carbocycles. The zero-order valence-electron chi connectivity index (χ0n) is 14.1. The summed E-state index contributed by atoms with van der Waals surface area (Å²) >= 11 is 0. The highest BCUT2D eigenvalue weighted by molar-refractivity contribution is 5.32. The van der Waals surface area contributed by atoms with Crippen LogP contribution in [0.15, 0.2) is 24.3 Å². The molecular formula is C19H30O2. The van der Waals surface area contributed by atoms with Crippen molar-refractivity contribution < 1.29 is 9.84 Å². The van der Waals surface area contributed by atoms with Crippen molar-refractivity contribution in [1.29, 1.82) is 0 Å². The minimum atomic E-state index is -0.692. The maximum absolute atomic E-state index is 11.4. The third-order valence-corrected chi connectivity index (χ3v) is 4.77. The van der Waals surface area contributed by atoms with Gasteiger partial charge < -0.3 is 9.84 Å². The topological polar surface area (TPSA) is 29.5 Å². The van der Waals surface area contributed by atoms with Crippen molar-refractivity contribution in [3.8, 4) is 5.75 Å². The van der Waals surface area contributed by atoms with Gasteiger partial charge in [0, 0.05) is 0 Å². The van der Waals surface area contributed by atoms with Crippen LogP contribution >= 0.6 is 0 Å². The summed E-state index contributed by atoms with van der Waals surface area (Å²) in [6, 6.07) is 8.07. The van der Waals surface area contributed by atoms with E-state index in [1.807, 2.05) is 38.1 Å². The SMILES string of the molecule is CC1CCC(C(C)C)C(O)(c2ccc(OC(C)C)cc2)C1. The fourth-order valence-corrected chi connectivity index (χ4v) is 3.80. The van der Waals surface area contributed by atoms with Crippen LogP contribution in [0.3, 0.4) is 0 Å². The van der Waals surface area contributed by atoms with E-state index in [9.17, 15) is 5.11 Å². The predicted octanol–water partition coefficient (Wildman–Crippen LogP) is 4.75. The van der Waals surface area contributed by atoms with Crippen molar-refractivity contribution in [3.63, 3.8) is 0 Å². The van der Waals surface area contributed by atoms with Crippen LogP contribution in [0.4, 0.5) is 0 Å². The van der Waals surface area contributed by atoms with Crippen molar-refractivity contribution >= 4 is 0 Å². The molecular weight excluding hydrogens is 260 g/mol. The highest BCUT2D eigenvalue weighted by Gasteiger charge is 2.43. The van der Waals surface area contributed by atoms with Gasteiger partial charge in [-0.3, -0.25) is 0 Å². The number of benzene rings is 1. The molecule has 0 spiro atoms. The zero-order valence-corrected chi connectivity index (χ0v) is 14.1. The van der Waals surface area contributed by atoms with E-state index in [0.717, 1.165) is 24.2 Å². The number of aliphatic hydroxyl groups is 1. The maximum atomic E-state index is 11.4. The van der Waals surface area contributed by atoms with Gasteiger partial charge in [-0.25, -0.2) is 0 Å². The highest BCUT2D eigenvalue weighted by Crippen LogP contribution is 2.47. The summed E-state index contributed by atoms with van der Waals surface area (Å²) in [5.41, 5.74) is 0.353. The molecule has 2 rings (SSSR count). The molecule has 1 aliphatic carbocycles. The molecule has 2 heteroatoms. The Kier molecular flexibility index (Phi) is 4.98. The Labute approximate surface area is 129 Å². The first kappa shape index (κ1) is 16.4. The monoisotopic (exact) mass is 290 g/mol. The van der Waals surface area contributed by atoms with E-state index in [4.69, 9.17) is 4.74 Å². The molecule has 0 radical (unpaired) electrons. The maximum Gasteiger partial charge on any atom is 0.119 e. The van der Waals surface area contributed by atoms with Crippen LogP contribution in [0.1, 0.15) is 59.4 Å². The van der Waals surface area contributed by atoms with Crippen LogP contribution in [-0.2, 0) is 5.60 Å². The first-order valence-corrected chi connectivity index (χ1v) is 8.32. The first-order chi connectivity index (χ1) is 9.83. The van der Waals surface area contributed by atoms with Gasteiger partial charge in [0.2, 0.25) is 0 Å². The minimum Gasteiger partial charge on any atom is -0.491 e. The number of hydrogen-bond acceptors (Lipinski definition) is 2. The van der Waals surface area contributed by atoms with E-state index >= 15 is 0 Å². The summed E-state index contributed by atoms with van der Waals surface area (Å²) in [6.07, 6.45) is 3.37. The van der Waals surface area contributed by atoms with Gasteiger partial charge in [0.15, 0.2) is 0 Å². The van der Waals surface area contributed by atoms with Crippen molar-refractivity contribution in [3.05, 3.63) is 29.8 Å². The van der Waals surface area contributed by atoms with Crippen LogP contribution < -0.4 is 4.74 Å². The molecule has 21 heavy (non-hydrogen) atoms. The molecule has 1 N–H and O–H groups in total. The molecule has 0 amide bonds. The van der Waals surface area contributed by atoms with Crippen LogP contribution in [0.2, 0.25) is 0 Å². The largest absolute Gasteiger partial charge is 0.491 e. The van der Waals surface area contributed by atoms with E-state index < -0.39 is 5.60 Å². The second kappa shape index (κ2) is 6.39. The molecule has 1 aromatic rings. The Morgan fingerprint density at radius 1 is 1.10 bits per heavy atom. The number of ether oxygens (including phenoxy) is 1. The Bertz CT molecular complexity index is 449. The summed E-state index contributed by atoms with van der Waals surface area (Å²) in [7, 11) is 0. The second-order valence-electron chi connectivity index (χ2n) is 7.35. The van der Waals surface area contributed by atoms with E-state index in [1.165, 1.54) is 6.42 Å². The lowest BCUT2D eigenvalue weighted by atomic mass is 9.64. The average molecular weight is 290 g/mol. The van der Waals surface area contributed by atoms with E-state index in [2.05, 4.69) is 20.8 Å². The molecule has 0 heterocycles. The fraction of sp³-hybridized carbons (Fsp3) is 0.684. The Morgan fingerprint density at radius 3 is 2.24 bits per heavy atom. The number of hydrogen-bond donors (Lipinski definition) is 1. The van der Waals surface area contributed by atoms with Gasteiger partial charge in [-0.2, -0.15) is 0 Å². The second-order valence-corrected chi connectivity index (χ2v) is 7.35. The average Bonchev–Trinajstić information content (AvgIpc) is 2.38. The van der Waals surface area contributed by atoms with Gasteiger partial charge in [0.05, 0.1) is 11.7 Å². The quantitative estimate of drug-likeness (QED) is 0.866. The van der Waals surface area contributed by atoms with Crippen LogP contribution in [0, 0.1) is 17.8 Å². The Hall–Kier alpha value is -1.02. The third-order valence-electron chi connectivity index (χ3n) is 4.77. The first-order valence-electron chi connectivity index (χ1n) is 8.32. The molecule has 0 bridgehead atoms. The molecule has 0 aliphatic heterocycles. The summed E-state index contributed by atoms with van der Waals surface area (Å²) in [5.74, 6) is 2.29.